The fraction of sp³-hybridized carbons (Fsp3) is 0.300. The molecule has 1 aromatic rings. The van der Waals surface area contributed by atoms with Crippen LogP contribution in [0.5, 0.6) is 0 Å². The third kappa shape index (κ3) is 2.87. The van der Waals surface area contributed by atoms with E-state index in [4.69, 9.17) is 17.3 Å². The molecule has 0 bridgehead atoms. The van der Waals surface area contributed by atoms with Crippen molar-refractivity contribution in [3.05, 3.63) is 27.2 Å². The monoisotopic (exact) mass is 327 g/mol. The largest absolute Gasteiger partial charge is 0.461 e. The summed E-state index contributed by atoms with van der Waals surface area (Å²) in [6, 6.07) is 2.16. The molecule has 0 atom stereocenters. The molecule has 0 unspecified atom stereocenters. The van der Waals surface area contributed by atoms with Crippen LogP contribution in [0.3, 0.4) is 0 Å². The van der Waals surface area contributed by atoms with Gasteiger partial charge in [0.15, 0.2) is 0 Å². The molecule has 0 aliphatic heterocycles. The Kier molecular flexibility index (Phi) is 4.32. The molecule has 1 rings (SSSR count). The average Bonchev–Trinajstić information content (AvgIpc) is 2.23. The van der Waals surface area contributed by atoms with Crippen LogP contribution in [0.25, 0.3) is 0 Å². The van der Waals surface area contributed by atoms with Crippen LogP contribution in [0.4, 0.5) is 14.5 Å². The van der Waals surface area contributed by atoms with Gasteiger partial charge < -0.3 is 10.5 Å². The van der Waals surface area contributed by atoms with Crippen molar-refractivity contribution in [2.24, 2.45) is 0 Å². The summed E-state index contributed by atoms with van der Waals surface area (Å²) in [7, 11) is 0. The molecule has 0 saturated carbocycles. The van der Waals surface area contributed by atoms with E-state index in [-0.39, 0.29) is 21.8 Å². The summed E-state index contributed by atoms with van der Waals surface area (Å²) >= 11 is 8.68. The Bertz CT molecular complexity index is 454. The summed E-state index contributed by atoms with van der Waals surface area (Å²) < 4.78 is 31.9. The molecule has 94 valence electrons. The number of anilines is 1. The van der Waals surface area contributed by atoms with Gasteiger partial charge in [0, 0.05) is 10.2 Å². The zero-order valence-electron chi connectivity index (χ0n) is 8.77. The Labute approximate surface area is 110 Å². The SMILES string of the molecule is CCOC(=O)C(F)(F)c1cc(Br)c(Cl)cc1N. The van der Waals surface area contributed by atoms with Crippen molar-refractivity contribution in [2.45, 2.75) is 12.8 Å². The van der Waals surface area contributed by atoms with Crippen molar-refractivity contribution in [1.82, 2.24) is 0 Å². The van der Waals surface area contributed by atoms with Crippen LogP contribution in [0, 0.1) is 0 Å². The summed E-state index contributed by atoms with van der Waals surface area (Å²) in [5.74, 6) is -5.44. The molecule has 0 amide bonds. The molecule has 0 fully saturated rings. The molecule has 0 saturated heterocycles. The number of rotatable bonds is 3. The molecule has 2 N–H and O–H groups in total. The zero-order chi connectivity index (χ0) is 13.2. The summed E-state index contributed by atoms with van der Waals surface area (Å²) in [5.41, 5.74) is 4.52. The van der Waals surface area contributed by atoms with E-state index >= 15 is 0 Å². The molecular weight excluding hydrogens is 319 g/mol. The summed E-state index contributed by atoms with van der Waals surface area (Å²) in [4.78, 5) is 11.1. The van der Waals surface area contributed by atoms with Crippen LogP contribution < -0.4 is 5.73 Å². The molecule has 0 aliphatic carbocycles. The Balaban J connectivity index is 3.23. The standard InChI is InChI=1S/C10H9BrClF2NO2/c1-2-17-9(16)10(13,14)5-3-6(11)7(12)4-8(5)15/h3-4H,2,15H2,1H3. The minimum atomic E-state index is -3.80. The number of nitrogens with two attached hydrogens (primary N) is 1. The molecule has 0 spiro atoms. The predicted molar refractivity (Wildman–Crippen MR) is 64.1 cm³/mol. The first-order valence-corrected chi connectivity index (χ1v) is 5.77. The number of nitrogen functional groups attached to an aromatic ring is 1. The van der Waals surface area contributed by atoms with Crippen LogP contribution in [-0.4, -0.2) is 12.6 Å². The van der Waals surface area contributed by atoms with E-state index in [0.717, 1.165) is 12.1 Å². The molecule has 3 nitrogen and oxygen atoms in total. The Morgan fingerprint density at radius 1 is 1.59 bits per heavy atom. The molecule has 7 heteroatoms. The predicted octanol–water partition coefficient (Wildman–Crippen LogP) is 3.34. The average molecular weight is 329 g/mol. The second-order valence-corrected chi connectivity index (χ2v) is 4.41. The number of esters is 1. The minimum Gasteiger partial charge on any atom is -0.461 e. The van der Waals surface area contributed by atoms with Crippen molar-refractivity contribution in [1.29, 1.82) is 0 Å². The number of ether oxygens (including phenoxy) is 1. The van der Waals surface area contributed by atoms with Gasteiger partial charge in [-0.2, -0.15) is 8.78 Å². The molecule has 0 radical (unpaired) electrons. The molecule has 0 aromatic heterocycles. The quantitative estimate of drug-likeness (QED) is 0.684. The van der Waals surface area contributed by atoms with Crippen molar-refractivity contribution in [3.8, 4) is 0 Å². The molecular formula is C10H9BrClF2NO2. The number of alkyl halides is 2. The van der Waals surface area contributed by atoms with Crippen LogP contribution in [0.15, 0.2) is 16.6 Å². The lowest BCUT2D eigenvalue weighted by molar-refractivity contribution is -0.173. The highest BCUT2D eigenvalue weighted by Crippen LogP contribution is 2.38. The second kappa shape index (κ2) is 5.18. The maximum absolute atomic E-state index is 13.7. The summed E-state index contributed by atoms with van der Waals surface area (Å²) in [6.45, 7) is 1.30. The highest BCUT2D eigenvalue weighted by molar-refractivity contribution is 9.10. The second-order valence-electron chi connectivity index (χ2n) is 3.15. The van der Waals surface area contributed by atoms with Crippen molar-refractivity contribution < 1.29 is 18.3 Å². The normalized spacial score (nSPS) is 11.4. The topological polar surface area (TPSA) is 52.3 Å². The van der Waals surface area contributed by atoms with Gasteiger partial charge >= 0.3 is 11.9 Å². The molecule has 1 aromatic carbocycles. The number of benzene rings is 1. The number of carbonyl (C=O) groups excluding carboxylic acids is 1. The molecule has 17 heavy (non-hydrogen) atoms. The Hall–Kier alpha value is -0.880. The number of carbonyl (C=O) groups is 1. The minimum absolute atomic E-state index is 0.136. The van der Waals surface area contributed by atoms with Crippen molar-refractivity contribution >= 4 is 39.2 Å². The van der Waals surface area contributed by atoms with Crippen LogP contribution in [-0.2, 0) is 15.5 Å². The van der Waals surface area contributed by atoms with E-state index in [1.165, 1.54) is 6.92 Å². The van der Waals surface area contributed by atoms with Gasteiger partial charge in [0.1, 0.15) is 0 Å². The summed E-state index contributed by atoms with van der Waals surface area (Å²) in [5, 5.41) is 0.186. The van der Waals surface area contributed by atoms with Crippen molar-refractivity contribution in [3.63, 3.8) is 0 Å². The maximum atomic E-state index is 13.7. The van der Waals surface area contributed by atoms with E-state index in [0.29, 0.717) is 0 Å². The summed E-state index contributed by atoms with van der Waals surface area (Å²) in [6.07, 6.45) is 0. The van der Waals surface area contributed by atoms with Gasteiger partial charge in [0.2, 0.25) is 0 Å². The van der Waals surface area contributed by atoms with Gasteiger partial charge in [-0.3, -0.25) is 0 Å². The van der Waals surface area contributed by atoms with Gasteiger partial charge in [-0.25, -0.2) is 4.79 Å². The van der Waals surface area contributed by atoms with Crippen molar-refractivity contribution in [2.75, 3.05) is 12.3 Å². The van der Waals surface area contributed by atoms with E-state index in [1.807, 2.05) is 0 Å². The van der Waals surface area contributed by atoms with Gasteiger partial charge in [0.25, 0.3) is 0 Å². The third-order valence-electron chi connectivity index (χ3n) is 1.96. The smallest absolute Gasteiger partial charge is 0.382 e. The zero-order valence-corrected chi connectivity index (χ0v) is 11.1. The van der Waals surface area contributed by atoms with Gasteiger partial charge in [0.05, 0.1) is 17.2 Å². The fourth-order valence-electron chi connectivity index (χ4n) is 1.17. The number of halogens is 4. The van der Waals surface area contributed by atoms with Crippen LogP contribution in [0.1, 0.15) is 12.5 Å². The van der Waals surface area contributed by atoms with E-state index in [1.54, 1.807) is 0 Å². The highest BCUT2D eigenvalue weighted by Gasteiger charge is 2.44. The molecule has 0 aliphatic rings. The lowest BCUT2D eigenvalue weighted by Gasteiger charge is -2.17. The number of hydrogen-bond acceptors (Lipinski definition) is 3. The van der Waals surface area contributed by atoms with Crippen LogP contribution in [0.2, 0.25) is 5.02 Å². The van der Waals surface area contributed by atoms with E-state index in [9.17, 15) is 13.6 Å². The Morgan fingerprint density at radius 2 is 2.18 bits per heavy atom. The first-order valence-electron chi connectivity index (χ1n) is 4.60. The third-order valence-corrected chi connectivity index (χ3v) is 3.16. The first-order chi connectivity index (χ1) is 7.80. The van der Waals surface area contributed by atoms with Gasteiger partial charge in [-0.1, -0.05) is 11.6 Å². The van der Waals surface area contributed by atoms with Gasteiger partial charge in [-0.05, 0) is 35.0 Å². The first kappa shape index (κ1) is 14.2. The van der Waals surface area contributed by atoms with E-state index < -0.39 is 17.5 Å². The lowest BCUT2D eigenvalue weighted by Crippen LogP contribution is -2.29. The molecule has 0 heterocycles. The van der Waals surface area contributed by atoms with Crippen LogP contribution >= 0.6 is 27.5 Å². The van der Waals surface area contributed by atoms with Gasteiger partial charge in [-0.15, -0.1) is 0 Å². The lowest BCUT2D eigenvalue weighted by atomic mass is 10.1. The maximum Gasteiger partial charge on any atom is 0.382 e. The highest BCUT2D eigenvalue weighted by atomic mass is 79.9. The number of hydrogen-bond donors (Lipinski definition) is 1. The Morgan fingerprint density at radius 3 is 2.71 bits per heavy atom. The van der Waals surface area contributed by atoms with E-state index in [2.05, 4.69) is 20.7 Å². The fourth-order valence-corrected chi connectivity index (χ4v) is 1.68.